The van der Waals surface area contributed by atoms with Crippen molar-refractivity contribution in [2.24, 2.45) is 0 Å². The number of carbonyl (C=O) groups is 1. The Morgan fingerprint density at radius 1 is 1.24 bits per heavy atom. The van der Waals surface area contributed by atoms with Gasteiger partial charge in [0.05, 0.1) is 6.61 Å². The number of hydrogen-bond acceptors (Lipinski definition) is 5. The standard InChI is InChI=1S/C16H16N2O3/c1-11-2-7-15(17-10-11)21-13-5-3-12(4-6-13)18-14-8-9-20-16(14)19/h2-7,10,14,18H,8-9H2,1H3/t14-/m1/s1. The molecule has 1 fully saturated rings. The first-order valence-corrected chi connectivity index (χ1v) is 6.84. The second kappa shape index (κ2) is 5.83. The monoisotopic (exact) mass is 284 g/mol. The summed E-state index contributed by atoms with van der Waals surface area (Å²) in [6.45, 7) is 2.46. The summed E-state index contributed by atoms with van der Waals surface area (Å²) in [6.07, 6.45) is 2.46. The first-order valence-electron chi connectivity index (χ1n) is 6.84. The molecule has 1 aromatic heterocycles. The molecule has 3 rings (SSSR count). The smallest absolute Gasteiger partial charge is 0.328 e. The van der Waals surface area contributed by atoms with Crippen LogP contribution in [0.4, 0.5) is 5.69 Å². The van der Waals surface area contributed by atoms with E-state index >= 15 is 0 Å². The predicted octanol–water partition coefficient (Wildman–Crippen LogP) is 2.91. The second-order valence-electron chi connectivity index (χ2n) is 4.95. The van der Waals surface area contributed by atoms with Crippen LogP contribution in [-0.2, 0) is 9.53 Å². The molecule has 5 nitrogen and oxygen atoms in total. The molecule has 108 valence electrons. The van der Waals surface area contributed by atoms with Crippen LogP contribution in [0.5, 0.6) is 11.6 Å². The number of anilines is 1. The van der Waals surface area contributed by atoms with Crippen molar-refractivity contribution in [1.82, 2.24) is 4.98 Å². The summed E-state index contributed by atoms with van der Waals surface area (Å²) in [4.78, 5) is 15.6. The van der Waals surface area contributed by atoms with E-state index in [1.807, 2.05) is 43.3 Å². The van der Waals surface area contributed by atoms with Gasteiger partial charge < -0.3 is 14.8 Å². The fourth-order valence-electron chi connectivity index (χ4n) is 2.08. The van der Waals surface area contributed by atoms with E-state index in [1.54, 1.807) is 6.20 Å². The molecule has 0 amide bonds. The van der Waals surface area contributed by atoms with Gasteiger partial charge in [0.25, 0.3) is 0 Å². The third-order valence-electron chi connectivity index (χ3n) is 3.24. The number of pyridine rings is 1. The number of hydrogen-bond donors (Lipinski definition) is 1. The highest BCUT2D eigenvalue weighted by Gasteiger charge is 2.25. The van der Waals surface area contributed by atoms with Crippen molar-refractivity contribution in [2.75, 3.05) is 11.9 Å². The first-order chi connectivity index (χ1) is 10.2. The first kappa shape index (κ1) is 13.4. The maximum Gasteiger partial charge on any atom is 0.328 e. The molecule has 1 aliphatic rings. The minimum atomic E-state index is -0.254. The van der Waals surface area contributed by atoms with Crippen LogP contribution < -0.4 is 10.1 Å². The number of esters is 1. The van der Waals surface area contributed by atoms with E-state index < -0.39 is 0 Å². The molecule has 1 aliphatic heterocycles. The van der Waals surface area contributed by atoms with Gasteiger partial charge in [-0.25, -0.2) is 9.78 Å². The van der Waals surface area contributed by atoms with Crippen molar-refractivity contribution in [1.29, 1.82) is 0 Å². The Hall–Kier alpha value is -2.56. The highest BCUT2D eigenvalue weighted by molar-refractivity contribution is 5.80. The van der Waals surface area contributed by atoms with Crippen LogP contribution in [0, 0.1) is 6.92 Å². The van der Waals surface area contributed by atoms with Crippen molar-refractivity contribution in [3.8, 4) is 11.6 Å². The van der Waals surface area contributed by atoms with E-state index in [9.17, 15) is 4.79 Å². The summed E-state index contributed by atoms with van der Waals surface area (Å²) in [5.74, 6) is 1.06. The van der Waals surface area contributed by atoms with Crippen molar-refractivity contribution in [3.05, 3.63) is 48.2 Å². The lowest BCUT2D eigenvalue weighted by Gasteiger charge is -2.11. The summed E-state index contributed by atoms with van der Waals surface area (Å²) < 4.78 is 10.6. The van der Waals surface area contributed by atoms with Gasteiger partial charge in [0, 0.05) is 24.4 Å². The number of nitrogens with zero attached hydrogens (tertiary/aromatic N) is 1. The molecule has 0 aliphatic carbocycles. The number of ether oxygens (including phenoxy) is 2. The number of carbonyl (C=O) groups excluding carboxylic acids is 1. The lowest BCUT2D eigenvalue weighted by molar-refractivity contribution is -0.138. The number of aromatic nitrogens is 1. The molecule has 0 saturated carbocycles. The summed E-state index contributed by atoms with van der Waals surface area (Å²) in [7, 11) is 0. The van der Waals surface area contributed by atoms with Crippen LogP contribution in [0.25, 0.3) is 0 Å². The number of cyclic esters (lactones) is 1. The Balaban J connectivity index is 1.63. The van der Waals surface area contributed by atoms with Gasteiger partial charge in [-0.1, -0.05) is 6.07 Å². The normalized spacial score (nSPS) is 17.4. The van der Waals surface area contributed by atoms with E-state index in [0.717, 1.165) is 11.3 Å². The van der Waals surface area contributed by atoms with Crippen molar-refractivity contribution in [2.45, 2.75) is 19.4 Å². The van der Waals surface area contributed by atoms with Crippen LogP contribution in [0.15, 0.2) is 42.6 Å². The Kier molecular flexibility index (Phi) is 3.73. The van der Waals surface area contributed by atoms with Gasteiger partial charge in [-0.15, -0.1) is 0 Å². The molecule has 2 heterocycles. The number of nitrogens with one attached hydrogen (secondary N) is 1. The summed E-state index contributed by atoms with van der Waals surface area (Å²) in [5, 5.41) is 3.14. The van der Waals surface area contributed by atoms with Crippen LogP contribution in [-0.4, -0.2) is 23.6 Å². The van der Waals surface area contributed by atoms with Crippen molar-refractivity contribution < 1.29 is 14.3 Å². The average Bonchev–Trinajstić information content (AvgIpc) is 2.89. The molecule has 0 spiro atoms. The lowest BCUT2D eigenvalue weighted by Crippen LogP contribution is -2.24. The molecule has 1 atom stereocenters. The lowest BCUT2D eigenvalue weighted by atomic mass is 10.2. The molecule has 0 unspecified atom stereocenters. The number of rotatable bonds is 4. The van der Waals surface area contributed by atoms with E-state index in [-0.39, 0.29) is 12.0 Å². The molecule has 2 aromatic rings. The van der Waals surface area contributed by atoms with E-state index in [1.165, 1.54) is 0 Å². The summed E-state index contributed by atoms with van der Waals surface area (Å²) in [5.41, 5.74) is 1.95. The molecule has 1 saturated heterocycles. The van der Waals surface area contributed by atoms with Crippen molar-refractivity contribution >= 4 is 11.7 Å². The van der Waals surface area contributed by atoms with Crippen LogP contribution in [0.3, 0.4) is 0 Å². The summed E-state index contributed by atoms with van der Waals surface area (Å²) in [6, 6.07) is 10.9. The van der Waals surface area contributed by atoms with Gasteiger partial charge in [0.1, 0.15) is 11.8 Å². The Labute approximate surface area is 122 Å². The molecular weight excluding hydrogens is 268 g/mol. The predicted molar refractivity (Wildman–Crippen MR) is 78.5 cm³/mol. The third-order valence-corrected chi connectivity index (χ3v) is 3.24. The van der Waals surface area contributed by atoms with Gasteiger partial charge in [0.2, 0.25) is 5.88 Å². The SMILES string of the molecule is Cc1ccc(Oc2ccc(N[C@@H]3CCOC3=O)cc2)nc1. The Morgan fingerprint density at radius 3 is 2.67 bits per heavy atom. The average molecular weight is 284 g/mol. The van der Waals surface area contributed by atoms with Crippen molar-refractivity contribution in [3.63, 3.8) is 0 Å². The maximum absolute atomic E-state index is 11.4. The second-order valence-corrected chi connectivity index (χ2v) is 4.95. The van der Waals surface area contributed by atoms with E-state index in [4.69, 9.17) is 9.47 Å². The summed E-state index contributed by atoms with van der Waals surface area (Å²) >= 11 is 0. The largest absolute Gasteiger partial charge is 0.464 e. The molecule has 1 aromatic carbocycles. The molecular formula is C16H16N2O3. The fourth-order valence-corrected chi connectivity index (χ4v) is 2.08. The van der Waals surface area contributed by atoms with E-state index in [0.29, 0.717) is 24.7 Å². The van der Waals surface area contributed by atoms with Gasteiger partial charge in [0.15, 0.2) is 0 Å². The third kappa shape index (κ3) is 3.31. The van der Waals surface area contributed by atoms with Crippen LogP contribution >= 0.6 is 0 Å². The van der Waals surface area contributed by atoms with Crippen LogP contribution in [0.1, 0.15) is 12.0 Å². The van der Waals surface area contributed by atoms with Gasteiger partial charge >= 0.3 is 5.97 Å². The minimum Gasteiger partial charge on any atom is -0.464 e. The van der Waals surface area contributed by atoms with Gasteiger partial charge in [-0.3, -0.25) is 0 Å². The number of aryl methyl sites for hydroxylation is 1. The molecule has 5 heteroatoms. The van der Waals surface area contributed by atoms with E-state index in [2.05, 4.69) is 10.3 Å². The molecule has 0 radical (unpaired) electrons. The quantitative estimate of drug-likeness (QED) is 0.875. The zero-order valence-electron chi connectivity index (χ0n) is 11.7. The molecule has 0 bridgehead atoms. The van der Waals surface area contributed by atoms with Gasteiger partial charge in [-0.2, -0.15) is 0 Å². The van der Waals surface area contributed by atoms with Crippen LogP contribution in [0.2, 0.25) is 0 Å². The Bertz CT molecular complexity index is 623. The highest BCUT2D eigenvalue weighted by Crippen LogP contribution is 2.22. The number of benzene rings is 1. The topological polar surface area (TPSA) is 60.5 Å². The zero-order chi connectivity index (χ0) is 14.7. The maximum atomic E-state index is 11.4. The Morgan fingerprint density at radius 2 is 2.05 bits per heavy atom. The fraction of sp³-hybridized carbons (Fsp3) is 0.250. The zero-order valence-corrected chi connectivity index (χ0v) is 11.7. The molecule has 21 heavy (non-hydrogen) atoms. The molecule has 1 N–H and O–H groups in total. The van der Waals surface area contributed by atoms with Gasteiger partial charge in [-0.05, 0) is 36.8 Å². The minimum absolute atomic E-state index is 0.195. The highest BCUT2D eigenvalue weighted by atomic mass is 16.5.